The highest BCUT2D eigenvalue weighted by Crippen LogP contribution is 2.20. The van der Waals surface area contributed by atoms with Gasteiger partial charge in [0.05, 0.1) is 6.21 Å². The maximum absolute atomic E-state index is 12.6. The van der Waals surface area contributed by atoms with Crippen LogP contribution < -0.4 is 5.32 Å². The standard InChI is InChI=1S/C22H20N2O2/c1-26-23-16-18-11-13-19(14-12-18)22(25)24-21-10-6-5-9-20(21)15-17-7-3-2-4-8-17/h2-14,16H,15H2,1H3,(H,24,25)/b23-16+. The van der Waals surface area contributed by atoms with Crippen LogP contribution in [0, 0.1) is 0 Å². The molecular formula is C22H20N2O2. The predicted octanol–water partition coefficient (Wildman–Crippen LogP) is 4.51. The number of anilines is 1. The van der Waals surface area contributed by atoms with Crippen LogP contribution in [-0.4, -0.2) is 19.2 Å². The quantitative estimate of drug-likeness (QED) is 0.528. The van der Waals surface area contributed by atoms with E-state index in [-0.39, 0.29) is 5.91 Å². The van der Waals surface area contributed by atoms with E-state index in [0.29, 0.717) is 5.56 Å². The lowest BCUT2D eigenvalue weighted by atomic mass is 10.0. The first kappa shape index (κ1) is 17.4. The smallest absolute Gasteiger partial charge is 0.255 e. The van der Waals surface area contributed by atoms with Gasteiger partial charge in [-0.05, 0) is 41.3 Å². The van der Waals surface area contributed by atoms with Crippen molar-refractivity contribution in [3.8, 4) is 0 Å². The summed E-state index contributed by atoms with van der Waals surface area (Å²) in [6, 6.07) is 25.3. The molecule has 130 valence electrons. The second kappa shape index (κ2) is 8.62. The van der Waals surface area contributed by atoms with E-state index in [1.807, 2.05) is 54.6 Å². The van der Waals surface area contributed by atoms with E-state index in [9.17, 15) is 4.79 Å². The first-order valence-electron chi connectivity index (χ1n) is 8.36. The summed E-state index contributed by atoms with van der Waals surface area (Å²) >= 11 is 0. The van der Waals surface area contributed by atoms with Crippen LogP contribution in [0.1, 0.15) is 27.0 Å². The fraction of sp³-hybridized carbons (Fsp3) is 0.0909. The van der Waals surface area contributed by atoms with E-state index in [4.69, 9.17) is 0 Å². The van der Waals surface area contributed by atoms with Gasteiger partial charge in [0.15, 0.2) is 0 Å². The molecule has 3 aromatic rings. The van der Waals surface area contributed by atoms with Gasteiger partial charge in [-0.1, -0.05) is 65.8 Å². The summed E-state index contributed by atoms with van der Waals surface area (Å²) in [5.74, 6) is -0.138. The van der Waals surface area contributed by atoms with Crippen molar-refractivity contribution < 1.29 is 9.63 Å². The Morgan fingerprint density at radius 2 is 1.65 bits per heavy atom. The molecule has 0 aromatic heterocycles. The summed E-state index contributed by atoms with van der Waals surface area (Å²) in [4.78, 5) is 17.2. The van der Waals surface area contributed by atoms with Crippen LogP contribution in [-0.2, 0) is 11.3 Å². The third kappa shape index (κ3) is 4.57. The Hall–Kier alpha value is -3.40. The molecule has 26 heavy (non-hydrogen) atoms. The number of carbonyl (C=O) groups is 1. The Morgan fingerprint density at radius 1 is 0.962 bits per heavy atom. The number of amides is 1. The van der Waals surface area contributed by atoms with Crippen LogP contribution >= 0.6 is 0 Å². The Balaban J connectivity index is 1.74. The molecule has 0 radical (unpaired) electrons. The molecule has 0 aliphatic heterocycles. The summed E-state index contributed by atoms with van der Waals surface area (Å²) in [5, 5.41) is 6.72. The molecule has 1 N–H and O–H groups in total. The van der Waals surface area contributed by atoms with Crippen LogP contribution in [0.15, 0.2) is 84.0 Å². The monoisotopic (exact) mass is 344 g/mol. The highest BCUT2D eigenvalue weighted by Gasteiger charge is 2.09. The minimum absolute atomic E-state index is 0.138. The Kier molecular flexibility index (Phi) is 5.78. The zero-order chi connectivity index (χ0) is 18.2. The van der Waals surface area contributed by atoms with Gasteiger partial charge in [0, 0.05) is 11.3 Å². The molecule has 0 unspecified atom stereocenters. The first-order chi connectivity index (χ1) is 12.8. The Morgan fingerprint density at radius 3 is 2.38 bits per heavy atom. The lowest BCUT2D eigenvalue weighted by molar-refractivity contribution is 0.102. The normalized spacial score (nSPS) is 10.7. The second-order valence-electron chi connectivity index (χ2n) is 5.81. The fourth-order valence-corrected chi connectivity index (χ4v) is 2.64. The molecule has 3 aromatic carbocycles. The lowest BCUT2D eigenvalue weighted by Crippen LogP contribution is -2.13. The van der Waals surface area contributed by atoms with Crippen molar-refractivity contribution in [1.82, 2.24) is 0 Å². The third-order valence-electron chi connectivity index (χ3n) is 3.98. The topological polar surface area (TPSA) is 50.7 Å². The Labute approximate surface area is 153 Å². The van der Waals surface area contributed by atoms with E-state index in [1.165, 1.54) is 12.7 Å². The molecule has 0 atom stereocenters. The first-order valence-corrected chi connectivity index (χ1v) is 8.36. The van der Waals surface area contributed by atoms with Gasteiger partial charge in [-0.25, -0.2) is 0 Å². The zero-order valence-corrected chi connectivity index (χ0v) is 14.6. The molecule has 0 aliphatic rings. The highest BCUT2D eigenvalue weighted by molar-refractivity contribution is 6.05. The lowest BCUT2D eigenvalue weighted by Gasteiger charge is -2.11. The van der Waals surface area contributed by atoms with E-state index in [0.717, 1.165) is 23.2 Å². The molecule has 0 fully saturated rings. The van der Waals surface area contributed by atoms with Crippen LogP contribution in [0.25, 0.3) is 0 Å². The van der Waals surface area contributed by atoms with Crippen LogP contribution in [0.4, 0.5) is 5.69 Å². The van der Waals surface area contributed by atoms with Crippen molar-refractivity contribution >= 4 is 17.8 Å². The number of carbonyl (C=O) groups excluding carboxylic acids is 1. The summed E-state index contributed by atoms with van der Waals surface area (Å²) in [6.45, 7) is 0. The van der Waals surface area contributed by atoms with E-state index < -0.39 is 0 Å². The van der Waals surface area contributed by atoms with Crippen molar-refractivity contribution in [2.75, 3.05) is 12.4 Å². The SMILES string of the molecule is CO/N=C/c1ccc(C(=O)Nc2ccccc2Cc2ccccc2)cc1. The van der Waals surface area contributed by atoms with Crippen molar-refractivity contribution in [2.24, 2.45) is 5.16 Å². The molecule has 0 spiro atoms. The van der Waals surface area contributed by atoms with Crippen LogP contribution in [0.2, 0.25) is 0 Å². The van der Waals surface area contributed by atoms with Crippen LogP contribution in [0.5, 0.6) is 0 Å². The maximum atomic E-state index is 12.6. The number of nitrogens with one attached hydrogen (secondary N) is 1. The predicted molar refractivity (Wildman–Crippen MR) is 105 cm³/mol. The molecule has 0 saturated heterocycles. The second-order valence-corrected chi connectivity index (χ2v) is 5.81. The van der Waals surface area contributed by atoms with Gasteiger partial charge in [-0.15, -0.1) is 0 Å². The van der Waals surface area contributed by atoms with Crippen molar-refractivity contribution in [3.05, 3.63) is 101 Å². The zero-order valence-electron chi connectivity index (χ0n) is 14.6. The van der Waals surface area contributed by atoms with Crippen molar-refractivity contribution in [1.29, 1.82) is 0 Å². The number of hydrogen-bond donors (Lipinski definition) is 1. The van der Waals surface area contributed by atoms with Gasteiger partial charge in [-0.3, -0.25) is 4.79 Å². The molecule has 0 bridgehead atoms. The van der Waals surface area contributed by atoms with Gasteiger partial charge >= 0.3 is 0 Å². The van der Waals surface area contributed by atoms with Crippen molar-refractivity contribution in [2.45, 2.75) is 6.42 Å². The van der Waals surface area contributed by atoms with Gasteiger partial charge in [0.2, 0.25) is 0 Å². The molecule has 0 heterocycles. The minimum atomic E-state index is -0.138. The summed E-state index contributed by atoms with van der Waals surface area (Å²) in [5.41, 5.74) is 4.57. The van der Waals surface area contributed by atoms with E-state index >= 15 is 0 Å². The summed E-state index contributed by atoms with van der Waals surface area (Å²) in [7, 11) is 1.49. The van der Waals surface area contributed by atoms with Gasteiger partial charge in [-0.2, -0.15) is 0 Å². The van der Waals surface area contributed by atoms with Crippen molar-refractivity contribution in [3.63, 3.8) is 0 Å². The average Bonchev–Trinajstić information content (AvgIpc) is 2.69. The minimum Gasteiger partial charge on any atom is -0.399 e. The van der Waals surface area contributed by atoms with Crippen LogP contribution in [0.3, 0.4) is 0 Å². The highest BCUT2D eigenvalue weighted by atomic mass is 16.6. The molecule has 3 rings (SSSR count). The Bertz CT molecular complexity index is 888. The summed E-state index contributed by atoms with van der Waals surface area (Å²) in [6.07, 6.45) is 2.36. The number of hydrogen-bond acceptors (Lipinski definition) is 3. The number of benzene rings is 3. The third-order valence-corrected chi connectivity index (χ3v) is 3.98. The molecule has 4 nitrogen and oxygen atoms in total. The van der Waals surface area contributed by atoms with Gasteiger partial charge in [0.25, 0.3) is 5.91 Å². The largest absolute Gasteiger partial charge is 0.399 e. The number of oxime groups is 1. The maximum Gasteiger partial charge on any atom is 0.255 e. The summed E-state index contributed by atoms with van der Waals surface area (Å²) < 4.78 is 0. The molecule has 1 amide bonds. The number of para-hydroxylation sites is 1. The fourth-order valence-electron chi connectivity index (χ4n) is 2.64. The molecule has 4 heteroatoms. The number of rotatable bonds is 6. The molecule has 0 aliphatic carbocycles. The average molecular weight is 344 g/mol. The van der Waals surface area contributed by atoms with Gasteiger partial charge in [0.1, 0.15) is 7.11 Å². The van der Waals surface area contributed by atoms with Gasteiger partial charge < -0.3 is 10.2 Å². The van der Waals surface area contributed by atoms with E-state index in [2.05, 4.69) is 27.4 Å². The number of nitrogens with zero attached hydrogens (tertiary/aromatic N) is 1. The molecule has 0 saturated carbocycles. The van der Waals surface area contributed by atoms with E-state index in [1.54, 1.807) is 18.3 Å². The molecular weight excluding hydrogens is 324 g/mol.